The van der Waals surface area contributed by atoms with Gasteiger partial charge < -0.3 is 4.90 Å². The smallest absolute Gasteiger partial charge is 0.252 e. The van der Waals surface area contributed by atoms with Gasteiger partial charge in [0.1, 0.15) is 11.9 Å². The predicted octanol–water partition coefficient (Wildman–Crippen LogP) is 2.50. The van der Waals surface area contributed by atoms with E-state index in [2.05, 4.69) is 12.6 Å². The van der Waals surface area contributed by atoms with Crippen LogP contribution in [0.2, 0.25) is 0 Å². The quantitative estimate of drug-likeness (QED) is 0.552. The first-order chi connectivity index (χ1) is 15.8. The van der Waals surface area contributed by atoms with Crippen molar-refractivity contribution in [3.8, 4) is 6.07 Å². The number of benzene rings is 1. The van der Waals surface area contributed by atoms with Crippen LogP contribution in [0.15, 0.2) is 59.9 Å². The molecular weight excluding hydrogens is 440 g/mol. The van der Waals surface area contributed by atoms with Crippen LogP contribution in [0.5, 0.6) is 0 Å². The van der Waals surface area contributed by atoms with Crippen molar-refractivity contribution in [2.24, 2.45) is 5.92 Å². The minimum atomic E-state index is -3.87. The lowest BCUT2D eigenvalue weighted by atomic mass is 9.95. The summed E-state index contributed by atoms with van der Waals surface area (Å²) in [5.41, 5.74) is 0.827. The van der Waals surface area contributed by atoms with Crippen molar-refractivity contribution in [1.82, 2.24) is 8.87 Å². The average Bonchev–Trinajstić information content (AvgIpc) is 2.82. The first kappa shape index (κ1) is 24.3. The van der Waals surface area contributed by atoms with Gasteiger partial charge in [-0.3, -0.25) is 14.2 Å². The Morgan fingerprint density at radius 2 is 1.88 bits per heavy atom. The van der Waals surface area contributed by atoms with Gasteiger partial charge in [0.15, 0.2) is 0 Å². The third-order valence-corrected chi connectivity index (χ3v) is 7.50. The van der Waals surface area contributed by atoms with E-state index in [4.69, 9.17) is 0 Å². The first-order valence-corrected chi connectivity index (χ1v) is 12.5. The molecule has 33 heavy (non-hydrogen) atoms. The number of nitriles is 1. The monoisotopic (exact) mass is 468 g/mol. The van der Waals surface area contributed by atoms with E-state index in [-0.39, 0.29) is 17.9 Å². The summed E-state index contributed by atoms with van der Waals surface area (Å²) in [4.78, 5) is 27.4. The number of sulfonamides is 1. The van der Waals surface area contributed by atoms with Crippen LogP contribution in [0, 0.1) is 17.2 Å². The van der Waals surface area contributed by atoms with Gasteiger partial charge in [0.2, 0.25) is 15.9 Å². The number of carbonyl (C=O) groups excluding carboxylic acids is 1. The number of hydrogen-bond acceptors (Lipinski definition) is 6. The van der Waals surface area contributed by atoms with Crippen molar-refractivity contribution >= 4 is 21.7 Å². The number of hydrogen-bond donors (Lipinski definition) is 0. The van der Waals surface area contributed by atoms with Crippen LogP contribution >= 0.6 is 0 Å². The van der Waals surface area contributed by atoms with Crippen molar-refractivity contribution in [2.75, 3.05) is 24.5 Å². The fourth-order valence-corrected chi connectivity index (χ4v) is 5.69. The molecule has 0 N–H and O–H groups in total. The van der Waals surface area contributed by atoms with Crippen LogP contribution in [-0.2, 0) is 27.1 Å². The highest BCUT2D eigenvalue weighted by molar-refractivity contribution is 7.88. The summed E-state index contributed by atoms with van der Waals surface area (Å²) in [5.74, 6) is -0.613. The number of anilines is 1. The molecule has 174 valence electrons. The van der Waals surface area contributed by atoms with Gasteiger partial charge >= 0.3 is 0 Å². The Morgan fingerprint density at radius 3 is 2.45 bits per heavy atom. The molecule has 1 aliphatic rings. The second-order valence-electron chi connectivity index (χ2n) is 7.93. The largest absolute Gasteiger partial charge is 0.357 e. The number of piperidine rings is 1. The highest BCUT2D eigenvalue weighted by atomic mass is 32.2. The van der Waals surface area contributed by atoms with Crippen molar-refractivity contribution in [3.05, 3.63) is 76.6 Å². The number of pyridine rings is 1. The van der Waals surface area contributed by atoms with Crippen molar-refractivity contribution in [2.45, 2.75) is 32.1 Å². The fraction of sp³-hybridized carbons (Fsp3) is 0.375. The van der Waals surface area contributed by atoms with E-state index in [1.807, 2.05) is 11.8 Å². The Balaban J connectivity index is 1.78. The normalized spacial score (nSPS) is 14.5. The molecule has 1 saturated heterocycles. The average molecular weight is 469 g/mol. The fourth-order valence-electron chi connectivity index (χ4n) is 4.17. The Hall–Kier alpha value is -3.38. The van der Waals surface area contributed by atoms with Gasteiger partial charge in [-0.2, -0.15) is 5.26 Å². The summed E-state index contributed by atoms with van der Waals surface area (Å²) in [7, 11) is -3.87. The molecule has 1 aromatic carbocycles. The zero-order chi connectivity index (χ0) is 24.0. The topological polar surface area (TPSA) is 103 Å². The maximum atomic E-state index is 13.2. The summed E-state index contributed by atoms with van der Waals surface area (Å²) < 4.78 is 28.6. The van der Waals surface area contributed by atoms with E-state index in [0.29, 0.717) is 49.4 Å². The third kappa shape index (κ3) is 5.34. The first-order valence-electron chi connectivity index (χ1n) is 10.9. The molecule has 0 aliphatic carbocycles. The van der Waals surface area contributed by atoms with E-state index in [1.165, 1.54) is 18.2 Å². The minimum Gasteiger partial charge on any atom is -0.357 e. The molecule has 2 heterocycles. The molecule has 0 bridgehead atoms. The molecular formula is C24H28N4O4S. The molecule has 0 atom stereocenters. The summed E-state index contributed by atoms with van der Waals surface area (Å²) in [6.07, 6.45) is 2.26. The number of amides is 1. The lowest BCUT2D eigenvalue weighted by molar-refractivity contribution is -0.130. The second-order valence-corrected chi connectivity index (χ2v) is 9.82. The lowest BCUT2D eigenvalue weighted by Gasteiger charge is -2.36. The molecule has 1 fully saturated rings. The number of aromatic nitrogens is 1. The SMILES string of the molecule is C=CCN(C(=O)C1CCN(c2c(C#N)ccc(=O)n2CC)CC1)S(=O)(=O)Cc1ccccc1. The van der Waals surface area contributed by atoms with E-state index in [0.717, 1.165) is 4.31 Å². The van der Waals surface area contributed by atoms with Crippen molar-refractivity contribution < 1.29 is 13.2 Å². The maximum absolute atomic E-state index is 13.2. The van der Waals surface area contributed by atoms with Gasteiger partial charge in [-0.05, 0) is 31.4 Å². The van der Waals surface area contributed by atoms with Gasteiger partial charge in [-0.15, -0.1) is 6.58 Å². The number of nitrogens with zero attached hydrogens (tertiary/aromatic N) is 4. The molecule has 1 aliphatic heterocycles. The predicted molar refractivity (Wildman–Crippen MR) is 127 cm³/mol. The Kier molecular flexibility index (Phi) is 7.71. The Bertz CT molecular complexity index is 1210. The molecule has 1 amide bonds. The summed E-state index contributed by atoms with van der Waals surface area (Å²) in [6.45, 7) is 6.68. The van der Waals surface area contributed by atoms with Gasteiger partial charge in [0, 0.05) is 31.6 Å². The Morgan fingerprint density at radius 1 is 1.21 bits per heavy atom. The second kappa shape index (κ2) is 10.5. The van der Waals surface area contributed by atoms with Crippen LogP contribution in [0.1, 0.15) is 30.9 Å². The third-order valence-electron chi connectivity index (χ3n) is 5.80. The molecule has 2 aromatic rings. The number of carbonyl (C=O) groups is 1. The van der Waals surface area contributed by atoms with E-state index in [1.54, 1.807) is 34.9 Å². The molecule has 0 unspecified atom stereocenters. The van der Waals surface area contributed by atoms with Gasteiger partial charge in [-0.1, -0.05) is 36.4 Å². The van der Waals surface area contributed by atoms with Crippen molar-refractivity contribution in [1.29, 1.82) is 5.26 Å². The van der Waals surface area contributed by atoms with Gasteiger partial charge in [0.05, 0.1) is 17.9 Å². The summed E-state index contributed by atoms with van der Waals surface area (Å²) in [6, 6.07) is 13.8. The number of rotatable bonds is 8. The van der Waals surface area contributed by atoms with Crippen LogP contribution in [0.25, 0.3) is 0 Å². The van der Waals surface area contributed by atoms with Gasteiger partial charge in [-0.25, -0.2) is 12.7 Å². The highest BCUT2D eigenvalue weighted by Gasteiger charge is 2.35. The molecule has 0 saturated carbocycles. The Labute approximate surface area is 194 Å². The zero-order valence-electron chi connectivity index (χ0n) is 18.7. The standard InChI is InChI=1S/C24H28N4O4S/c1-3-14-28(33(31,32)18-19-8-6-5-7-9-19)24(30)20-12-15-26(16-13-20)23-21(17-25)10-11-22(29)27(23)4-2/h3,5-11,20H,1,4,12-16,18H2,2H3. The van der Waals surface area contributed by atoms with E-state index in [9.17, 15) is 23.3 Å². The van der Waals surface area contributed by atoms with E-state index < -0.39 is 21.8 Å². The minimum absolute atomic E-state index is 0.0825. The summed E-state index contributed by atoms with van der Waals surface area (Å²) in [5, 5.41) is 9.51. The van der Waals surface area contributed by atoms with Crippen molar-refractivity contribution in [3.63, 3.8) is 0 Å². The molecule has 0 spiro atoms. The molecule has 3 rings (SSSR count). The van der Waals surface area contributed by atoms with Gasteiger partial charge in [0.25, 0.3) is 5.56 Å². The molecule has 8 nitrogen and oxygen atoms in total. The molecule has 0 radical (unpaired) electrons. The lowest BCUT2D eigenvalue weighted by Crippen LogP contribution is -2.46. The maximum Gasteiger partial charge on any atom is 0.252 e. The molecule has 1 aromatic heterocycles. The molecule has 9 heteroatoms. The van der Waals surface area contributed by atoms with Crippen LogP contribution < -0.4 is 10.5 Å². The summed E-state index contributed by atoms with van der Waals surface area (Å²) >= 11 is 0. The van der Waals surface area contributed by atoms with Crippen LogP contribution in [0.4, 0.5) is 5.82 Å². The zero-order valence-corrected chi connectivity index (χ0v) is 19.5. The van der Waals surface area contributed by atoms with Crippen LogP contribution in [-0.4, -0.2) is 42.8 Å². The van der Waals surface area contributed by atoms with Crippen LogP contribution in [0.3, 0.4) is 0 Å². The van der Waals surface area contributed by atoms with E-state index >= 15 is 0 Å². The highest BCUT2D eigenvalue weighted by Crippen LogP contribution is 2.27.